The van der Waals surface area contributed by atoms with Crippen molar-refractivity contribution in [3.8, 4) is 11.3 Å². The van der Waals surface area contributed by atoms with Crippen LogP contribution in [0.4, 0.5) is 0 Å². The fourth-order valence-electron chi connectivity index (χ4n) is 1.41. The molecular formula is C11H13N3O. The standard InChI is InChI=1S/C11H13N3O/c12-4-1-2-10-6-9(3-5-14-10)11-7-13-8-15-11/h3,5-8H,1-2,4,12H2. The second-order valence-corrected chi connectivity index (χ2v) is 3.29. The van der Waals surface area contributed by atoms with Gasteiger partial charge in [0.2, 0.25) is 0 Å². The maximum atomic E-state index is 5.45. The van der Waals surface area contributed by atoms with Gasteiger partial charge >= 0.3 is 0 Å². The predicted octanol–water partition coefficient (Wildman–Crippen LogP) is 1.63. The second-order valence-electron chi connectivity index (χ2n) is 3.29. The smallest absolute Gasteiger partial charge is 0.181 e. The lowest BCUT2D eigenvalue weighted by atomic mass is 10.1. The van der Waals surface area contributed by atoms with Crippen LogP contribution < -0.4 is 5.73 Å². The Labute approximate surface area is 88.2 Å². The molecule has 0 aliphatic carbocycles. The molecule has 0 amide bonds. The lowest BCUT2D eigenvalue weighted by Gasteiger charge is -2.00. The molecule has 4 heteroatoms. The number of oxazole rings is 1. The number of aryl methyl sites for hydroxylation is 1. The molecule has 4 nitrogen and oxygen atoms in total. The van der Waals surface area contributed by atoms with Crippen molar-refractivity contribution in [1.29, 1.82) is 0 Å². The normalized spacial score (nSPS) is 10.5. The van der Waals surface area contributed by atoms with Gasteiger partial charge in [-0.2, -0.15) is 0 Å². The topological polar surface area (TPSA) is 64.9 Å². The third-order valence-electron chi connectivity index (χ3n) is 2.17. The summed E-state index contributed by atoms with van der Waals surface area (Å²) in [4.78, 5) is 8.15. The van der Waals surface area contributed by atoms with Crippen molar-refractivity contribution in [3.63, 3.8) is 0 Å². The summed E-state index contributed by atoms with van der Waals surface area (Å²) in [5.74, 6) is 0.770. The molecule has 0 aliphatic heterocycles. The van der Waals surface area contributed by atoms with Crippen LogP contribution in [0.5, 0.6) is 0 Å². The van der Waals surface area contributed by atoms with Crippen molar-refractivity contribution < 1.29 is 4.42 Å². The Kier molecular flexibility index (Phi) is 3.09. The number of hydrogen-bond acceptors (Lipinski definition) is 4. The minimum absolute atomic E-state index is 0.689. The molecule has 2 aromatic heterocycles. The fraction of sp³-hybridized carbons (Fsp3) is 0.273. The van der Waals surface area contributed by atoms with E-state index in [1.165, 1.54) is 6.39 Å². The average molecular weight is 203 g/mol. The Morgan fingerprint density at radius 1 is 1.40 bits per heavy atom. The van der Waals surface area contributed by atoms with Crippen molar-refractivity contribution in [1.82, 2.24) is 9.97 Å². The fourth-order valence-corrected chi connectivity index (χ4v) is 1.41. The largest absolute Gasteiger partial charge is 0.444 e. The second kappa shape index (κ2) is 4.70. The van der Waals surface area contributed by atoms with E-state index >= 15 is 0 Å². The van der Waals surface area contributed by atoms with Crippen LogP contribution in [0.25, 0.3) is 11.3 Å². The van der Waals surface area contributed by atoms with Gasteiger partial charge in [-0.15, -0.1) is 0 Å². The first-order valence-electron chi connectivity index (χ1n) is 4.94. The van der Waals surface area contributed by atoms with Gasteiger partial charge in [0.15, 0.2) is 12.2 Å². The van der Waals surface area contributed by atoms with E-state index in [9.17, 15) is 0 Å². The third kappa shape index (κ3) is 2.41. The predicted molar refractivity (Wildman–Crippen MR) is 57.1 cm³/mol. The van der Waals surface area contributed by atoms with Gasteiger partial charge in [0.1, 0.15) is 0 Å². The lowest BCUT2D eigenvalue weighted by Crippen LogP contribution is -2.01. The summed E-state index contributed by atoms with van der Waals surface area (Å²) in [5.41, 5.74) is 7.50. The molecule has 0 aliphatic rings. The highest BCUT2D eigenvalue weighted by molar-refractivity contribution is 5.55. The van der Waals surface area contributed by atoms with Crippen LogP contribution in [0.2, 0.25) is 0 Å². The zero-order valence-corrected chi connectivity index (χ0v) is 8.39. The molecule has 0 unspecified atom stereocenters. The molecule has 15 heavy (non-hydrogen) atoms. The van der Waals surface area contributed by atoms with Crippen LogP contribution in [-0.4, -0.2) is 16.5 Å². The first-order valence-corrected chi connectivity index (χ1v) is 4.94. The van der Waals surface area contributed by atoms with E-state index in [1.54, 1.807) is 12.4 Å². The highest BCUT2D eigenvalue weighted by Crippen LogP contribution is 2.18. The molecule has 0 atom stereocenters. The molecule has 2 N–H and O–H groups in total. The molecular weight excluding hydrogens is 190 g/mol. The molecule has 0 radical (unpaired) electrons. The maximum absolute atomic E-state index is 5.45. The van der Waals surface area contributed by atoms with E-state index in [-0.39, 0.29) is 0 Å². The van der Waals surface area contributed by atoms with Crippen molar-refractivity contribution in [3.05, 3.63) is 36.6 Å². The van der Waals surface area contributed by atoms with Crippen molar-refractivity contribution >= 4 is 0 Å². The van der Waals surface area contributed by atoms with E-state index in [0.29, 0.717) is 6.54 Å². The van der Waals surface area contributed by atoms with E-state index < -0.39 is 0 Å². The van der Waals surface area contributed by atoms with E-state index in [4.69, 9.17) is 10.2 Å². The van der Waals surface area contributed by atoms with Crippen LogP contribution in [0.15, 0.2) is 35.3 Å². The summed E-state index contributed by atoms with van der Waals surface area (Å²) in [6.45, 7) is 0.689. The van der Waals surface area contributed by atoms with Crippen molar-refractivity contribution in [2.45, 2.75) is 12.8 Å². The Hall–Kier alpha value is -1.68. The van der Waals surface area contributed by atoms with E-state index in [2.05, 4.69) is 9.97 Å². The first-order chi connectivity index (χ1) is 7.40. The summed E-state index contributed by atoms with van der Waals surface area (Å²) in [6, 6.07) is 3.92. The van der Waals surface area contributed by atoms with Gasteiger partial charge in [-0.05, 0) is 31.5 Å². The number of aromatic nitrogens is 2. The minimum atomic E-state index is 0.689. The Morgan fingerprint density at radius 2 is 2.33 bits per heavy atom. The Morgan fingerprint density at radius 3 is 3.07 bits per heavy atom. The molecule has 2 aromatic rings. The quantitative estimate of drug-likeness (QED) is 0.820. The van der Waals surface area contributed by atoms with Gasteiger partial charge in [0.05, 0.1) is 6.20 Å². The van der Waals surface area contributed by atoms with Crippen LogP contribution in [-0.2, 0) is 6.42 Å². The van der Waals surface area contributed by atoms with Crippen molar-refractivity contribution in [2.24, 2.45) is 5.73 Å². The summed E-state index contributed by atoms with van der Waals surface area (Å²) in [6.07, 6.45) is 6.76. The molecule has 0 aromatic carbocycles. The van der Waals surface area contributed by atoms with Crippen LogP contribution in [0, 0.1) is 0 Å². The van der Waals surface area contributed by atoms with E-state index in [1.807, 2.05) is 12.1 Å². The van der Waals surface area contributed by atoms with Gasteiger partial charge in [0.25, 0.3) is 0 Å². The Balaban J connectivity index is 2.19. The molecule has 2 heterocycles. The molecule has 0 bridgehead atoms. The zero-order chi connectivity index (χ0) is 10.5. The number of hydrogen-bond donors (Lipinski definition) is 1. The summed E-state index contributed by atoms with van der Waals surface area (Å²) in [7, 11) is 0. The first kappa shape index (κ1) is 9.86. The van der Waals surface area contributed by atoms with Crippen LogP contribution in [0.3, 0.4) is 0 Å². The number of rotatable bonds is 4. The van der Waals surface area contributed by atoms with Crippen LogP contribution in [0.1, 0.15) is 12.1 Å². The zero-order valence-electron chi connectivity index (χ0n) is 8.39. The highest BCUT2D eigenvalue weighted by Gasteiger charge is 2.02. The van der Waals surface area contributed by atoms with Gasteiger partial charge < -0.3 is 10.2 Å². The van der Waals surface area contributed by atoms with Gasteiger partial charge in [0, 0.05) is 17.5 Å². The number of nitrogens with two attached hydrogens (primary N) is 1. The highest BCUT2D eigenvalue weighted by atomic mass is 16.3. The third-order valence-corrected chi connectivity index (χ3v) is 2.17. The molecule has 0 saturated carbocycles. The lowest BCUT2D eigenvalue weighted by molar-refractivity contribution is 0.571. The van der Waals surface area contributed by atoms with Gasteiger partial charge in [-0.25, -0.2) is 4.98 Å². The van der Waals surface area contributed by atoms with Crippen LogP contribution >= 0.6 is 0 Å². The average Bonchev–Trinajstić information content (AvgIpc) is 2.80. The number of nitrogens with zero attached hydrogens (tertiary/aromatic N) is 2. The molecule has 0 fully saturated rings. The molecule has 2 rings (SSSR count). The molecule has 78 valence electrons. The molecule has 0 spiro atoms. The molecule has 0 saturated heterocycles. The summed E-state index contributed by atoms with van der Waals surface area (Å²) < 4.78 is 5.22. The number of pyridine rings is 1. The summed E-state index contributed by atoms with van der Waals surface area (Å²) in [5, 5.41) is 0. The SMILES string of the molecule is NCCCc1cc(-c2cnco2)ccn1. The van der Waals surface area contributed by atoms with E-state index in [0.717, 1.165) is 29.9 Å². The Bertz CT molecular complexity index is 412. The van der Waals surface area contributed by atoms with Gasteiger partial charge in [-0.1, -0.05) is 0 Å². The van der Waals surface area contributed by atoms with Crippen molar-refractivity contribution in [2.75, 3.05) is 6.54 Å². The maximum Gasteiger partial charge on any atom is 0.181 e. The summed E-state index contributed by atoms with van der Waals surface area (Å²) >= 11 is 0. The van der Waals surface area contributed by atoms with Gasteiger partial charge in [-0.3, -0.25) is 4.98 Å². The monoisotopic (exact) mass is 203 g/mol. The minimum Gasteiger partial charge on any atom is -0.444 e.